The number of hydrogen-bond acceptors (Lipinski definition) is 4. The van der Waals surface area contributed by atoms with Gasteiger partial charge in [0, 0.05) is 24.7 Å². The quantitative estimate of drug-likeness (QED) is 0.675. The molecule has 0 unspecified atom stereocenters. The Morgan fingerprint density at radius 3 is 2.70 bits per heavy atom. The Hall–Kier alpha value is -0.540. The van der Waals surface area contributed by atoms with Gasteiger partial charge in [0.05, 0.1) is 13.2 Å². The molecular weight excluding hydrogens is 353 g/mol. The molecule has 0 saturated heterocycles. The van der Waals surface area contributed by atoms with E-state index in [1.165, 1.54) is 12.1 Å². The zero-order valence-corrected chi connectivity index (χ0v) is 13.5. The molecule has 114 valence electrons. The fraction of sp³-hybridized carbons (Fsp3) is 0.500. The summed E-state index contributed by atoms with van der Waals surface area (Å²) in [6.07, 6.45) is 0.501. The molecule has 0 aliphatic rings. The van der Waals surface area contributed by atoms with Crippen LogP contribution in [0.1, 0.15) is 6.42 Å². The van der Waals surface area contributed by atoms with E-state index in [1.807, 2.05) is 0 Å². The Morgan fingerprint density at radius 1 is 1.30 bits per heavy atom. The molecule has 1 aromatic carbocycles. The summed E-state index contributed by atoms with van der Waals surface area (Å²) in [7, 11) is -2.26. The van der Waals surface area contributed by atoms with Crippen LogP contribution in [0.25, 0.3) is 0 Å². The van der Waals surface area contributed by atoms with E-state index in [9.17, 15) is 12.8 Å². The molecule has 1 rings (SSSR count). The van der Waals surface area contributed by atoms with Crippen molar-refractivity contribution in [3.05, 3.63) is 28.5 Å². The van der Waals surface area contributed by atoms with Crippen LogP contribution in [-0.4, -0.2) is 41.9 Å². The van der Waals surface area contributed by atoms with Crippen LogP contribution in [0.15, 0.2) is 27.6 Å². The standard InChI is InChI=1S/C12H17BrFNO4S/c1-18-7-8-19-6-2-5-15-20(16,17)12-4-3-10(13)9-11(12)14/h3-4,9,15H,2,5-8H2,1H3. The molecule has 0 saturated carbocycles. The average Bonchev–Trinajstić information content (AvgIpc) is 2.37. The van der Waals surface area contributed by atoms with Crippen molar-refractivity contribution in [3.63, 3.8) is 0 Å². The van der Waals surface area contributed by atoms with Crippen molar-refractivity contribution in [1.82, 2.24) is 4.72 Å². The molecule has 0 heterocycles. The Kier molecular flexibility index (Phi) is 7.60. The number of methoxy groups -OCH3 is 1. The molecule has 5 nitrogen and oxygen atoms in total. The number of hydrogen-bond donors (Lipinski definition) is 1. The predicted molar refractivity (Wildman–Crippen MR) is 76.6 cm³/mol. The minimum atomic E-state index is -3.83. The molecule has 1 N–H and O–H groups in total. The fourth-order valence-corrected chi connectivity index (χ4v) is 2.86. The molecule has 0 aliphatic heterocycles. The van der Waals surface area contributed by atoms with Gasteiger partial charge in [-0.25, -0.2) is 17.5 Å². The number of halogens is 2. The minimum Gasteiger partial charge on any atom is -0.382 e. The van der Waals surface area contributed by atoms with Crippen LogP contribution in [0.4, 0.5) is 4.39 Å². The Bertz CT molecular complexity index is 524. The maximum Gasteiger partial charge on any atom is 0.243 e. The molecule has 0 aliphatic carbocycles. The molecule has 0 spiro atoms. The van der Waals surface area contributed by atoms with Gasteiger partial charge in [0.25, 0.3) is 0 Å². The Balaban J connectivity index is 2.42. The monoisotopic (exact) mass is 369 g/mol. The smallest absolute Gasteiger partial charge is 0.243 e. The average molecular weight is 370 g/mol. The minimum absolute atomic E-state index is 0.185. The summed E-state index contributed by atoms with van der Waals surface area (Å²) >= 11 is 3.07. The van der Waals surface area contributed by atoms with E-state index >= 15 is 0 Å². The van der Waals surface area contributed by atoms with Crippen molar-refractivity contribution in [2.75, 3.05) is 33.5 Å². The van der Waals surface area contributed by atoms with Gasteiger partial charge in [-0.3, -0.25) is 0 Å². The van der Waals surface area contributed by atoms with Gasteiger partial charge in [0.1, 0.15) is 10.7 Å². The summed E-state index contributed by atoms with van der Waals surface area (Å²) in [6.45, 7) is 1.56. The molecule has 0 amide bonds. The lowest BCUT2D eigenvalue weighted by Gasteiger charge is -2.08. The molecule has 8 heteroatoms. The number of ether oxygens (including phenoxy) is 2. The summed E-state index contributed by atoms with van der Waals surface area (Å²) in [5, 5.41) is 0. The lowest BCUT2D eigenvalue weighted by molar-refractivity contribution is 0.0699. The number of nitrogens with one attached hydrogen (secondary N) is 1. The van der Waals surface area contributed by atoms with E-state index in [2.05, 4.69) is 20.7 Å². The van der Waals surface area contributed by atoms with Gasteiger partial charge in [-0.05, 0) is 24.6 Å². The van der Waals surface area contributed by atoms with E-state index < -0.39 is 15.8 Å². The first kappa shape index (κ1) is 17.5. The number of sulfonamides is 1. The lowest BCUT2D eigenvalue weighted by Crippen LogP contribution is -2.26. The first-order valence-electron chi connectivity index (χ1n) is 5.99. The van der Waals surface area contributed by atoms with Crippen LogP contribution >= 0.6 is 15.9 Å². The third kappa shape index (κ3) is 5.84. The van der Waals surface area contributed by atoms with Crippen molar-refractivity contribution in [3.8, 4) is 0 Å². The molecular formula is C12H17BrFNO4S. The van der Waals surface area contributed by atoms with Gasteiger partial charge >= 0.3 is 0 Å². The van der Waals surface area contributed by atoms with Crippen molar-refractivity contribution in [2.45, 2.75) is 11.3 Å². The molecule has 0 radical (unpaired) electrons. The summed E-state index contributed by atoms with van der Waals surface area (Å²) < 4.78 is 50.1. The topological polar surface area (TPSA) is 64.6 Å². The summed E-state index contributed by atoms with van der Waals surface area (Å²) in [5.74, 6) is -0.789. The maximum atomic E-state index is 13.6. The predicted octanol–water partition coefficient (Wildman–Crippen LogP) is 1.92. The molecule has 0 fully saturated rings. The third-order valence-electron chi connectivity index (χ3n) is 2.37. The van der Waals surface area contributed by atoms with Crippen LogP contribution in [0, 0.1) is 5.82 Å². The number of rotatable bonds is 9. The van der Waals surface area contributed by atoms with Gasteiger partial charge < -0.3 is 9.47 Å². The van der Waals surface area contributed by atoms with Gasteiger partial charge in [0.15, 0.2) is 0 Å². The Labute approximate surface area is 126 Å². The second-order valence-electron chi connectivity index (χ2n) is 3.93. The normalized spacial score (nSPS) is 11.8. The lowest BCUT2D eigenvalue weighted by atomic mass is 10.3. The second kappa shape index (κ2) is 8.68. The van der Waals surface area contributed by atoms with Gasteiger partial charge in [-0.15, -0.1) is 0 Å². The van der Waals surface area contributed by atoms with Gasteiger partial charge in [0.2, 0.25) is 10.0 Å². The first-order chi connectivity index (χ1) is 9.47. The van der Waals surface area contributed by atoms with Crippen molar-refractivity contribution in [2.24, 2.45) is 0 Å². The van der Waals surface area contributed by atoms with Gasteiger partial charge in [-0.2, -0.15) is 0 Å². The SMILES string of the molecule is COCCOCCCNS(=O)(=O)c1ccc(Br)cc1F. The second-order valence-corrected chi connectivity index (χ2v) is 6.58. The largest absolute Gasteiger partial charge is 0.382 e. The highest BCUT2D eigenvalue weighted by atomic mass is 79.9. The summed E-state index contributed by atoms with van der Waals surface area (Å²) in [6, 6.07) is 3.81. The first-order valence-corrected chi connectivity index (χ1v) is 8.26. The van der Waals surface area contributed by atoms with E-state index in [4.69, 9.17) is 9.47 Å². The van der Waals surface area contributed by atoms with Crippen molar-refractivity contribution >= 4 is 26.0 Å². The van der Waals surface area contributed by atoms with E-state index in [1.54, 1.807) is 7.11 Å². The van der Waals surface area contributed by atoms with Gasteiger partial charge in [-0.1, -0.05) is 15.9 Å². The Morgan fingerprint density at radius 2 is 2.05 bits per heavy atom. The highest BCUT2D eigenvalue weighted by Crippen LogP contribution is 2.19. The van der Waals surface area contributed by atoms with E-state index in [0.717, 1.165) is 6.07 Å². The van der Waals surface area contributed by atoms with Crippen LogP contribution in [-0.2, 0) is 19.5 Å². The van der Waals surface area contributed by atoms with Crippen molar-refractivity contribution < 1.29 is 22.3 Å². The van der Waals surface area contributed by atoms with Crippen LogP contribution in [0.5, 0.6) is 0 Å². The summed E-state index contributed by atoms with van der Waals surface area (Å²) in [4.78, 5) is -0.360. The zero-order chi connectivity index (χ0) is 15.0. The van der Waals surface area contributed by atoms with Crippen molar-refractivity contribution in [1.29, 1.82) is 0 Å². The van der Waals surface area contributed by atoms with Crippen LogP contribution < -0.4 is 4.72 Å². The summed E-state index contributed by atoms with van der Waals surface area (Å²) in [5.41, 5.74) is 0. The highest BCUT2D eigenvalue weighted by Gasteiger charge is 2.18. The number of benzene rings is 1. The van der Waals surface area contributed by atoms with E-state index in [-0.39, 0.29) is 11.4 Å². The third-order valence-corrected chi connectivity index (χ3v) is 4.36. The fourth-order valence-electron chi connectivity index (χ4n) is 1.40. The molecule has 20 heavy (non-hydrogen) atoms. The zero-order valence-electron chi connectivity index (χ0n) is 11.1. The van der Waals surface area contributed by atoms with Crippen LogP contribution in [0.2, 0.25) is 0 Å². The molecule has 0 aromatic heterocycles. The highest BCUT2D eigenvalue weighted by molar-refractivity contribution is 9.10. The molecule has 1 aromatic rings. The van der Waals surface area contributed by atoms with E-state index in [0.29, 0.717) is 30.7 Å². The maximum absolute atomic E-state index is 13.6. The molecule has 0 bridgehead atoms. The van der Waals surface area contributed by atoms with Crippen LogP contribution in [0.3, 0.4) is 0 Å². The molecule has 0 atom stereocenters.